The van der Waals surface area contributed by atoms with E-state index in [4.69, 9.17) is 0 Å². The number of ketones is 2. The first-order valence-corrected chi connectivity index (χ1v) is 8.09. The highest BCUT2D eigenvalue weighted by Gasteiger charge is 2.38. The molecule has 2 aromatic rings. The molecular weight excluding hydrogens is 377 g/mol. The van der Waals surface area contributed by atoms with E-state index in [2.05, 4.69) is 4.74 Å². The minimum absolute atomic E-state index is 0.0398. The summed E-state index contributed by atoms with van der Waals surface area (Å²) in [6.07, 6.45) is -0.610. The fraction of sp³-hybridized carbons (Fsp3) is 0.150. The van der Waals surface area contributed by atoms with Crippen LogP contribution in [0, 0.1) is 17.5 Å². The van der Waals surface area contributed by atoms with Gasteiger partial charge in [0.2, 0.25) is 11.6 Å². The summed E-state index contributed by atoms with van der Waals surface area (Å²) >= 11 is 0. The van der Waals surface area contributed by atoms with Gasteiger partial charge >= 0.3 is 5.97 Å². The van der Waals surface area contributed by atoms with E-state index in [0.717, 1.165) is 7.11 Å². The number of carbonyl (C=O) groups excluding carboxylic acids is 3. The van der Waals surface area contributed by atoms with E-state index in [1.165, 1.54) is 24.3 Å². The van der Waals surface area contributed by atoms with Gasteiger partial charge in [0.25, 0.3) is 0 Å². The van der Waals surface area contributed by atoms with Crippen LogP contribution in [0.15, 0.2) is 42.0 Å². The van der Waals surface area contributed by atoms with Crippen molar-refractivity contribution in [3.05, 3.63) is 76.1 Å². The number of fused-ring (bicyclic) bond motifs is 1. The highest BCUT2D eigenvalue weighted by molar-refractivity contribution is 6.52. The summed E-state index contributed by atoms with van der Waals surface area (Å²) in [5.74, 6) is -9.78. The van der Waals surface area contributed by atoms with Gasteiger partial charge in [0.05, 0.1) is 19.1 Å². The van der Waals surface area contributed by atoms with Gasteiger partial charge in [0, 0.05) is 17.0 Å². The van der Waals surface area contributed by atoms with Crippen LogP contribution in [0.2, 0.25) is 0 Å². The molecule has 1 aliphatic rings. The Morgan fingerprint density at radius 2 is 1.61 bits per heavy atom. The summed E-state index contributed by atoms with van der Waals surface area (Å²) in [6, 6.07) is 6.95. The van der Waals surface area contributed by atoms with Gasteiger partial charge in [0.1, 0.15) is 5.76 Å². The zero-order valence-corrected chi connectivity index (χ0v) is 14.5. The molecule has 0 fully saturated rings. The summed E-state index contributed by atoms with van der Waals surface area (Å²) in [4.78, 5) is 36.9. The van der Waals surface area contributed by atoms with E-state index in [0.29, 0.717) is 12.1 Å². The van der Waals surface area contributed by atoms with Gasteiger partial charge in [-0.15, -0.1) is 0 Å². The van der Waals surface area contributed by atoms with E-state index in [1.54, 1.807) is 0 Å². The van der Waals surface area contributed by atoms with Crippen LogP contribution < -0.4 is 0 Å². The molecule has 2 aromatic carbocycles. The van der Waals surface area contributed by atoms with Crippen molar-refractivity contribution in [1.29, 1.82) is 0 Å². The van der Waals surface area contributed by atoms with Crippen molar-refractivity contribution in [3.63, 3.8) is 0 Å². The Morgan fingerprint density at radius 1 is 1.04 bits per heavy atom. The van der Waals surface area contributed by atoms with Gasteiger partial charge in [-0.1, -0.05) is 24.3 Å². The van der Waals surface area contributed by atoms with Crippen molar-refractivity contribution in [2.45, 2.75) is 12.3 Å². The summed E-state index contributed by atoms with van der Waals surface area (Å²) in [7, 11) is 1.06. The van der Waals surface area contributed by atoms with Crippen LogP contribution in [0.25, 0.3) is 5.76 Å². The van der Waals surface area contributed by atoms with E-state index < -0.39 is 58.7 Å². The SMILES string of the molecule is COC(=O)C[C@H](C1=C(O)c2ccccc2C(=O)C1=O)c1cc(F)c(F)c(F)c1. The number of Topliss-reactive ketones (excluding diaryl/α,β-unsaturated/α-hetero) is 2. The predicted molar refractivity (Wildman–Crippen MR) is 91.0 cm³/mol. The van der Waals surface area contributed by atoms with Gasteiger partial charge in [-0.3, -0.25) is 14.4 Å². The number of ether oxygens (including phenoxy) is 1. The maximum Gasteiger partial charge on any atom is 0.306 e. The van der Waals surface area contributed by atoms with Crippen molar-refractivity contribution < 1.29 is 37.4 Å². The van der Waals surface area contributed by atoms with Crippen LogP contribution in [0.3, 0.4) is 0 Å². The first kappa shape index (κ1) is 19.3. The lowest BCUT2D eigenvalue weighted by molar-refractivity contribution is -0.140. The standard InChI is InChI=1S/C20H13F3O5/c1-28-15(24)8-12(9-6-13(21)17(23)14(22)7-9)16-18(25)10-4-2-3-5-11(10)19(26)20(16)27/h2-7,12,25H,8H2,1H3/t12-/m0/s1. The second-order valence-electron chi connectivity index (χ2n) is 6.10. The Bertz CT molecular complexity index is 1020. The van der Waals surface area contributed by atoms with Crippen molar-refractivity contribution in [2.75, 3.05) is 7.11 Å². The molecule has 0 radical (unpaired) electrons. The van der Waals surface area contributed by atoms with E-state index >= 15 is 0 Å². The number of allylic oxidation sites excluding steroid dienone is 1. The molecule has 0 aliphatic heterocycles. The zero-order chi connectivity index (χ0) is 20.6. The van der Waals surface area contributed by atoms with Gasteiger partial charge in [-0.2, -0.15) is 0 Å². The van der Waals surface area contributed by atoms with Gasteiger partial charge in [-0.25, -0.2) is 13.2 Å². The van der Waals surface area contributed by atoms with Crippen LogP contribution in [-0.4, -0.2) is 29.8 Å². The Hall–Kier alpha value is -3.42. The summed E-state index contributed by atoms with van der Waals surface area (Å²) in [6.45, 7) is 0. The number of aliphatic hydroxyl groups excluding tert-OH is 1. The largest absolute Gasteiger partial charge is 0.507 e. The Morgan fingerprint density at radius 3 is 2.18 bits per heavy atom. The van der Waals surface area contributed by atoms with Crippen LogP contribution in [0.1, 0.15) is 33.8 Å². The van der Waals surface area contributed by atoms with Gasteiger partial charge < -0.3 is 9.84 Å². The zero-order valence-electron chi connectivity index (χ0n) is 14.5. The number of methoxy groups -OCH3 is 1. The van der Waals surface area contributed by atoms with E-state index in [9.17, 15) is 32.7 Å². The molecule has 8 heteroatoms. The molecule has 1 atom stereocenters. The van der Waals surface area contributed by atoms with E-state index in [-0.39, 0.29) is 16.7 Å². The number of esters is 1. The molecule has 0 aromatic heterocycles. The lowest BCUT2D eigenvalue weighted by Crippen LogP contribution is -2.28. The molecule has 0 spiro atoms. The molecule has 5 nitrogen and oxygen atoms in total. The number of benzene rings is 2. The fourth-order valence-corrected chi connectivity index (χ4v) is 3.12. The molecule has 0 amide bonds. The third-order valence-corrected chi connectivity index (χ3v) is 4.49. The number of hydrogen-bond donors (Lipinski definition) is 1. The lowest BCUT2D eigenvalue weighted by atomic mass is 9.78. The summed E-state index contributed by atoms with van der Waals surface area (Å²) in [5, 5.41) is 10.6. The number of aliphatic hydroxyl groups is 1. The van der Waals surface area contributed by atoms with Crippen LogP contribution in [0.4, 0.5) is 13.2 Å². The highest BCUT2D eigenvalue weighted by atomic mass is 19.2. The molecule has 0 unspecified atom stereocenters. The first-order valence-electron chi connectivity index (χ1n) is 8.09. The van der Waals surface area contributed by atoms with Crippen LogP contribution in [-0.2, 0) is 14.3 Å². The molecule has 0 saturated carbocycles. The highest BCUT2D eigenvalue weighted by Crippen LogP contribution is 2.38. The molecule has 1 aliphatic carbocycles. The minimum Gasteiger partial charge on any atom is -0.507 e. The molecule has 1 N–H and O–H groups in total. The number of carbonyl (C=O) groups is 3. The number of hydrogen-bond acceptors (Lipinski definition) is 5. The summed E-state index contributed by atoms with van der Waals surface area (Å²) < 4.78 is 45.3. The van der Waals surface area contributed by atoms with Crippen molar-refractivity contribution in [1.82, 2.24) is 0 Å². The molecule has 0 bridgehead atoms. The number of rotatable bonds is 4. The maximum absolute atomic E-state index is 13.7. The number of halogens is 3. The lowest BCUT2D eigenvalue weighted by Gasteiger charge is -2.24. The van der Waals surface area contributed by atoms with Gasteiger partial charge in [0.15, 0.2) is 17.5 Å². The molecule has 144 valence electrons. The summed E-state index contributed by atoms with van der Waals surface area (Å²) in [5.41, 5.74) is -0.814. The van der Waals surface area contributed by atoms with E-state index in [1.807, 2.05) is 0 Å². The van der Waals surface area contributed by atoms with Crippen molar-refractivity contribution in [3.8, 4) is 0 Å². The quantitative estimate of drug-likeness (QED) is 0.491. The maximum atomic E-state index is 13.7. The molecular formula is C20H13F3O5. The molecule has 0 heterocycles. The molecule has 3 rings (SSSR count). The fourth-order valence-electron chi connectivity index (χ4n) is 3.12. The first-order chi connectivity index (χ1) is 13.3. The average molecular weight is 390 g/mol. The molecule has 28 heavy (non-hydrogen) atoms. The monoisotopic (exact) mass is 390 g/mol. The second kappa shape index (κ2) is 7.30. The minimum atomic E-state index is -1.73. The normalized spacial score (nSPS) is 14.7. The van der Waals surface area contributed by atoms with Crippen LogP contribution >= 0.6 is 0 Å². The molecule has 0 saturated heterocycles. The Balaban J connectivity index is 2.25. The van der Waals surface area contributed by atoms with Crippen LogP contribution in [0.5, 0.6) is 0 Å². The van der Waals surface area contributed by atoms with Gasteiger partial charge in [-0.05, 0) is 17.7 Å². The van der Waals surface area contributed by atoms with Crippen molar-refractivity contribution >= 4 is 23.3 Å². The Labute approximate surface area is 157 Å². The third-order valence-electron chi connectivity index (χ3n) is 4.49. The average Bonchev–Trinajstić information content (AvgIpc) is 2.69. The van der Waals surface area contributed by atoms with Crippen molar-refractivity contribution in [2.24, 2.45) is 0 Å². The second-order valence-corrected chi connectivity index (χ2v) is 6.10. The third kappa shape index (κ3) is 3.17. The smallest absolute Gasteiger partial charge is 0.306 e. The topological polar surface area (TPSA) is 80.7 Å². The predicted octanol–water partition coefficient (Wildman–Crippen LogP) is 3.49. The Kier molecular flexibility index (Phi) is 5.04.